The van der Waals surface area contributed by atoms with Crippen LogP contribution in [-0.4, -0.2) is 93.7 Å². The number of anilines is 1. The van der Waals surface area contributed by atoms with Crippen LogP contribution in [0.1, 0.15) is 77.5 Å². The van der Waals surface area contributed by atoms with Gasteiger partial charge in [-0.2, -0.15) is 0 Å². The molecule has 3 aliphatic rings. The number of nitrogens with one attached hydrogen (secondary N) is 2. The van der Waals surface area contributed by atoms with E-state index >= 15 is 4.39 Å². The number of benzene rings is 3. The molecule has 56 heavy (non-hydrogen) atoms. The quantitative estimate of drug-likeness (QED) is 0.180. The molecule has 5 aromatic rings. The minimum absolute atomic E-state index is 0.0698. The lowest BCUT2D eigenvalue weighted by atomic mass is 9.87. The van der Waals surface area contributed by atoms with E-state index in [1.807, 2.05) is 17.0 Å². The predicted molar refractivity (Wildman–Crippen MR) is 211 cm³/mol. The zero-order valence-corrected chi connectivity index (χ0v) is 31.6. The number of halogens is 1. The smallest absolute Gasteiger partial charge is 0.253 e. The summed E-state index contributed by atoms with van der Waals surface area (Å²) in [5, 5.41) is 11.1. The Kier molecular flexibility index (Phi) is 10.2. The first-order valence-electron chi connectivity index (χ1n) is 19.3. The number of rotatable bonds is 9. The van der Waals surface area contributed by atoms with Crippen molar-refractivity contribution in [1.29, 1.82) is 0 Å². The van der Waals surface area contributed by atoms with Crippen LogP contribution in [0.25, 0.3) is 27.6 Å². The average Bonchev–Trinajstić information content (AvgIpc) is 3.90. The standard InChI is InChI=1S/C43H45FN8O4/c1-49(2)43(56)33-22-32-25-37(31-4-3-17-51(26-31)40(54)15-20-52-21-16-45-48-52)46-41(32)35(23-33)29-7-5-27(6-8-29)28-13-18-50(19-14-28)38-11-9-30(24-36(38)44)34-10-12-39(53)47-42(34)55/h4-9,11,16,21-25,28,34,46H,3,10,12-15,17-20,26H2,1-2H3,(H,47,53,55). The first kappa shape index (κ1) is 36.8. The van der Waals surface area contributed by atoms with E-state index in [0.717, 1.165) is 52.6 Å². The molecule has 12 nitrogen and oxygen atoms in total. The maximum absolute atomic E-state index is 15.4. The largest absolute Gasteiger partial charge is 0.369 e. The van der Waals surface area contributed by atoms with Gasteiger partial charge in [-0.1, -0.05) is 41.6 Å². The lowest BCUT2D eigenvalue weighted by Gasteiger charge is -2.34. The Balaban J connectivity index is 0.975. The maximum Gasteiger partial charge on any atom is 0.253 e. The molecule has 3 aromatic carbocycles. The minimum atomic E-state index is -0.518. The van der Waals surface area contributed by atoms with Gasteiger partial charge in [-0.05, 0) is 84.2 Å². The molecule has 0 saturated carbocycles. The zero-order chi connectivity index (χ0) is 38.9. The molecule has 5 heterocycles. The topological polar surface area (TPSA) is 137 Å². The van der Waals surface area contributed by atoms with Crippen molar-refractivity contribution in [3.8, 4) is 11.1 Å². The number of aryl methyl sites for hydroxylation is 1. The van der Waals surface area contributed by atoms with Crippen molar-refractivity contribution in [3.63, 3.8) is 0 Å². The monoisotopic (exact) mass is 756 g/mol. The van der Waals surface area contributed by atoms with Crippen molar-refractivity contribution in [3.05, 3.63) is 107 Å². The second-order valence-corrected chi connectivity index (χ2v) is 15.2. The summed E-state index contributed by atoms with van der Waals surface area (Å²) in [7, 11) is 3.50. The van der Waals surface area contributed by atoms with Gasteiger partial charge in [0.2, 0.25) is 17.7 Å². The third kappa shape index (κ3) is 7.58. The molecule has 2 aromatic heterocycles. The summed E-state index contributed by atoms with van der Waals surface area (Å²) in [4.78, 5) is 59.5. The lowest BCUT2D eigenvalue weighted by Crippen LogP contribution is -2.39. The molecular formula is C43H45FN8O4. The van der Waals surface area contributed by atoms with Gasteiger partial charge in [0, 0.05) is 81.5 Å². The number of hydrogen-bond acceptors (Lipinski definition) is 7. The highest BCUT2D eigenvalue weighted by molar-refractivity contribution is 6.04. The molecule has 13 heteroatoms. The first-order chi connectivity index (χ1) is 27.1. The van der Waals surface area contributed by atoms with Crippen LogP contribution in [0.2, 0.25) is 0 Å². The molecule has 0 spiro atoms. The number of hydrogen-bond donors (Lipinski definition) is 2. The second-order valence-electron chi connectivity index (χ2n) is 15.2. The third-order valence-corrected chi connectivity index (χ3v) is 11.4. The molecule has 2 fully saturated rings. The summed E-state index contributed by atoms with van der Waals surface area (Å²) in [5.74, 6) is -1.23. The van der Waals surface area contributed by atoms with Gasteiger partial charge in [0.1, 0.15) is 5.82 Å². The Labute approximate surface area is 324 Å². The summed E-state index contributed by atoms with van der Waals surface area (Å²) < 4.78 is 17.1. The van der Waals surface area contributed by atoms with E-state index in [1.165, 1.54) is 11.6 Å². The number of aromatic nitrogens is 4. The normalized spacial score (nSPS) is 17.9. The van der Waals surface area contributed by atoms with Crippen LogP contribution in [0.5, 0.6) is 0 Å². The van der Waals surface area contributed by atoms with Gasteiger partial charge in [0.15, 0.2) is 0 Å². The maximum atomic E-state index is 15.4. The van der Waals surface area contributed by atoms with Crippen molar-refractivity contribution in [2.45, 2.75) is 56.9 Å². The van der Waals surface area contributed by atoms with Gasteiger partial charge in [-0.25, -0.2) is 4.39 Å². The fraction of sp³-hybridized carbons (Fsp3) is 0.349. The van der Waals surface area contributed by atoms with Gasteiger partial charge in [-0.15, -0.1) is 5.10 Å². The van der Waals surface area contributed by atoms with Gasteiger partial charge in [0.05, 0.1) is 29.9 Å². The summed E-state index contributed by atoms with van der Waals surface area (Å²) in [6.07, 6.45) is 9.00. The van der Waals surface area contributed by atoms with Crippen molar-refractivity contribution in [1.82, 2.24) is 35.1 Å². The van der Waals surface area contributed by atoms with Crippen molar-refractivity contribution < 1.29 is 23.6 Å². The van der Waals surface area contributed by atoms with E-state index < -0.39 is 5.92 Å². The van der Waals surface area contributed by atoms with Crippen LogP contribution in [0.15, 0.2) is 79.1 Å². The minimum Gasteiger partial charge on any atom is -0.369 e. The zero-order valence-electron chi connectivity index (χ0n) is 31.6. The fourth-order valence-electron chi connectivity index (χ4n) is 8.30. The van der Waals surface area contributed by atoms with Crippen molar-refractivity contribution >= 4 is 45.8 Å². The summed E-state index contributed by atoms with van der Waals surface area (Å²) in [6, 6.07) is 19.5. The number of imide groups is 1. The van der Waals surface area contributed by atoms with E-state index in [0.29, 0.717) is 68.3 Å². The summed E-state index contributed by atoms with van der Waals surface area (Å²) in [6.45, 7) is 3.03. The molecule has 8 rings (SSSR count). The number of carbonyl (C=O) groups is 4. The fourth-order valence-corrected chi connectivity index (χ4v) is 8.30. The van der Waals surface area contributed by atoms with Crippen LogP contribution in [-0.2, 0) is 20.9 Å². The Morgan fingerprint density at radius 2 is 1.73 bits per heavy atom. The van der Waals surface area contributed by atoms with E-state index in [4.69, 9.17) is 0 Å². The van der Waals surface area contributed by atoms with Crippen LogP contribution >= 0.6 is 0 Å². The molecule has 0 aliphatic carbocycles. The number of amides is 4. The Hall–Kier alpha value is -6.11. The molecule has 3 aliphatic heterocycles. The Bertz CT molecular complexity index is 2320. The van der Waals surface area contributed by atoms with Crippen molar-refractivity contribution in [2.24, 2.45) is 0 Å². The lowest BCUT2D eigenvalue weighted by molar-refractivity contribution is -0.134. The molecular weight excluding hydrogens is 712 g/mol. The molecule has 288 valence electrons. The van der Waals surface area contributed by atoms with E-state index in [9.17, 15) is 19.2 Å². The molecule has 0 bridgehead atoms. The van der Waals surface area contributed by atoms with E-state index in [-0.39, 0.29) is 35.9 Å². The molecule has 0 radical (unpaired) electrons. The average molecular weight is 757 g/mol. The first-order valence-corrected chi connectivity index (χ1v) is 19.3. The van der Waals surface area contributed by atoms with Crippen LogP contribution in [0, 0.1) is 5.82 Å². The molecule has 4 amide bonds. The highest BCUT2D eigenvalue weighted by Crippen LogP contribution is 2.37. The van der Waals surface area contributed by atoms with Crippen molar-refractivity contribution in [2.75, 3.05) is 45.2 Å². The van der Waals surface area contributed by atoms with Crippen LogP contribution < -0.4 is 10.2 Å². The van der Waals surface area contributed by atoms with Gasteiger partial charge in [0.25, 0.3) is 5.91 Å². The van der Waals surface area contributed by atoms with Gasteiger partial charge < -0.3 is 19.7 Å². The van der Waals surface area contributed by atoms with E-state index in [2.05, 4.69) is 61.9 Å². The van der Waals surface area contributed by atoms with Gasteiger partial charge in [-0.3, -0.25) is 29.2 Å². The molecule has 1 atom stereocenters. The molecule has 2 saturated heterocycles. The summed E-state index contributed by atoms with van der Waals surface area (Å²) in [5.41, 5.74) is 7.74. The SMILES string of the molecule is CN(C)C(=O)c1cc(-c2ccc(C3CCN(c4ccc(C5CCC(=O)NC5=O)cc4F)CC3)cc2)c2[nH]c(C3=CCCN(C(=O)CCn4ccnn4)C3)cc2c1. The highest BCUT2D eigenvalue weighted by Gasteiger charge is 2.30. The highest BCUT2D eigenvalue weighted by atomic mass is 19.1. The summed E-state index contributed by atoms with van der Waals surface area (Å²) >= 11 is 0. The Morgan fingerprint density at radius 3 is 2.45 bits per heavy atom. The predicted octanol–water partition coefficient (Wildman–Crippen LogP) is 5.88. The van der Waals surface area contributed by atoms with Gasteiger partial charge >= 0.3 is 0 Å². The number of H-pyrrole nitrogens is 1. The number of nitrogens with zero attached hydrogens (tertiary/aromatic N) is 6. The van der Waals surface area contributed by atoms with Crippen LogP contribution in [0.3, 0.4) is 0 Å². The molecule has 1 unspecified atom stereocenters. The Morgan fingerprint density at radius 1 is 0.946 bits per heavy atom. The number of aromatic amines is 1. The molecule has 2 N–H and O–H groups in total. The van der Waals surface area contributed by atoms with Crippen LogP contribution in [0.4, 0.5) is 10.1 Å². The number of fused-ring (bicyclic) bond motifs is 1. The second kappa shape index (κ2) is 15.6. The third-order valence-electron chi connectivity index (χ3n) is 11.4. The number of carbonyl (C=O) groups excluding carboxylic acids is 4. The number of piperidine rings is 2. The van der Waals surface area contributed by atoms with E-state index in [1.54, 1.807) is 48.2 Å².